The van der Waals surface area contributed by atoms with Gasteiger partial charge in [-0.15, -0.1) is 11.6 Å². The monoisotopic (exact) mass is 255 g/mol. The van der Waals surface area contributed by atoms with Crippen LogP contribution in [0.3, 0.4) is 0 Å². The Labute approximate surface area is 105 Å². The van der Waals surface area contributed by atoms with Crippen LogP contribution in [-0.4, -0.2) is 22.7 Å². The third-order valence-electron chi connectivity index (χ3n) is 3.12. The lowest BCUT2D eigenvalue weighted by Gasteiger charge is -2.29. The van der Waals surface area contributed by atoms with Gasteiger partial charge in [-0.1, -0.05) is 18.2 Å². The average molecular weight is 256 g/mol. The van der Waals surface area contributed by atoms with Gasteiger partial charge in [-0.05, 0) is 25.8 Å². The van der Waals surface area contributed by atoms with Gasteiger partial charge >= 0.3 is 0 Å². The zero-order chi connectivity index (χ0) is 12.4. The van der Waals surface area contributed by atoms with Gasteiger partial charge in [0.2, 0.25) is 5.91 Å². The van der Waals surface area contributed by atoms with E-state index in [2.05, 4.69) is 0 Å². The fourth-order valence-corrected chi connectivity index (χ4v) is 2.26. The topological polar surface area (TPSA) is 20.3 Å². The summed E-state index contributed by atoms with van der Waals surface area (Å²) in [4.78, 5) is 13.5. The molecule has 1 atom stereocenters. The van der Waals surface area contributed by atoms with Gasteiger partial charge in [0.15, 0.2) is 0 Å². The fraction of sp³-hybridized carbons (Fsp3) is 0.462. The molecule has 0 radical (unpaired) electrons. The lowest BCUT2D eigenvalue weighted by atomic mass is 10.1. The van der Waals surface area contributed by atoms with Gasteiger partial charge < -0.3 is 4.90 Å². The van der Waals surface area contributed by atoms with Crippen LogP contribution < -0.4 is 0 Å². The molecule has 92 valence electrons. The number of halogens is 2. The Hall–Kier alpha value is -1.09. The third kappa shape index (κ3) is 2.60. The predicted molar refractivity (Wildman–Crippen MR) is 65.4 cm³/mol. The molecule has 1 fully saturated rings. The molecule has 2 nitrogen and oxygen atoms in total. The van der Waals surface area contributed by atoms with Crippen LogP contribution in [0.5, 0.6) is 0 Å². The minimum atomic E-state index is -0.270. The molecule has 0 spiro atoms. The van der Waals surface area contributed by atoms with E-state index in [-0.39, 0.29) is 29.7 Å². The van der Waals surface area contributed by atoms with Gasteiger partial charge in [0, 0.05) is 11.6 Å². The molecule has 1 aromatic carbocycles. The van der Waals surface area contributed by atoms with E-state index < -0.39 is 0 Å². The molecule has 1 aliphatic rings. The van der Waals surface area contributed by atoms with Crippen molar-refractivity contribution in [3.8, 4) is 0 Å². The quantitative estimate of drug-likeness (QED) is 0.757. The van der Waals surface area contributed by atoms with E-state index in [0.29, 0.717) is 5.56 Å². The Morgan fingerprint density at radius 3 is 2.71 bits per heavy atom. The Kier molecular flexibility index (Phi) is 3.67. The van der Waals surface area contributed by atoms with Crippen LogP contribution >= 0.6 is 11.6 Å². The van der Waals surface area contributed by atoms with Crippen molar-refractivity contribution in [2.24, 2.45) is 0 Å². The summed E-state index contributed by atoms with van der Waals surface area (Å²) in [6, 6.07) is 6.55. The second kappa shape index (κ2) is 5.05. The SMILES string of the molecule is CC(c1ccccc1F)N(C(=O)CCl)C1CC1. The first kappa shape index (κ1) is 12.4. The lowest BCUT2D eigenvalue weighted by Crippen LogP contribution is -2.36. The maximum Gasteiger partial charge on any atom is 0.238 e. The molecule has 1 unspecified atom stereocenters. The van der Waals surface area contributed by atoms with E-state index in [4.69, 9.17) is 11.6 Å². The van der Waals surface area contributed by atoms with Crippen molar-refractivity contribution in [1.82, 2.24) is 4.90 Å². The molecule has 1 amide bonds. The Morgan fingerprint density at radius 1 is 1.53 bits per heavy atom. The standard InChI is InChI=1S/C13H15ClFNO/c1-9(11-4-2-3-5-12(11)15)16(10-6-7-10)13(17)8-14/h2-5,9-10H,6-8H2,1H3. The van der Waals surface area contributed by atoms with Crippen molar-refractivity contribution >= 4 is 17.5 Å². The van der Waals surface area contributed by atoms with Crippen LogP contribution in [0.2, 0.25) is 0 Å². The Morgan fingerprint density at radius 2 is 2.18 bits per heavy atom. The fourth-order valence-electron chi connectivity index (χ4n) is 2.12. The molecule has 2 rings (SSSR count). The van der Waals surface area contributed by atoms with Crippen molar-refractivity contribution in [2.45, 2.75) is 31.8 Å². The Balaban J connectivity index is 2.25. The lowest BCUT2D eigenvalue weighted by molar-refractivity contribution is -0.131. The summed E-state index contributed by atoms with van der Waals surface area (Å²) >= 11 is 5.60. The Bertz CT molecular complexity index is 420. The van der Waals surface area contributed by atoms with Gasteiger partial charge in [-0.2, -0.15) is 0 Å². The van der Waals surface area contributed by atoms with Crippen LogP contribution in [0.1, 0.15) is 31.4 Å². The van der Waals surface area contributed by atoms with E-state index in [9.17, 15) is 9.18 Å². The van der Waals surface area contributed by atoms with Crippen LogP contribution in [0.4, 0.5) is 4.39 Å². The summed E-state index contributed by atoms with van der Waals surface area (Å²) in [7, 11) is 0. The van der Waals surface area contributed by atoms with E-state index in [1.54, 1.807) is 23.1 Å². The van der Waals surface area contributed by atoms with E-state index in [1.165, 1.54) is 6.07 Å². The third-order valence-corrected chi connectivity index (χ3v) is 3.34. The summed E-state index contributed by atoms with van der Waals surface area (Å²) in [5.74, 6) is -0.437. The molecular weight excluding hydrogens is 241 g/mol. The van der Waals surface area contributed by atoms with Crippen molar-refractivity contribution in [3.63, 3.8) is 0 Å². The van der Waals surface area contributed by atoms with Crippen molar-refractivity contribution < 1.29 is 9.18 Å². The number of hydrogen-bond acceptors (Lipinski definition) is 1. The minimum absolute atomic E-state index is 0.0463. The van der Waals surface area contributed by atoms with Gasteiger partial charge in [0.25, 0.3) is 0 Å². The zero-order valence-corrected chi connectivity index (χ0v) is 10.5. The predicted octanol–water partition coefficient (Wildman–Crippen LogP) is 3.12. The molecule has 1 aromatic rings. The molecule has 17 heavy (non-hydrogen) atoms. The van der Waals surface area contributed by atoms with Crippen LogP contribution in [0.15, 0.2) is 24.3 Å². The second-order valence-corrected chi connectivity index (χ2v) is 4.63. The van der Waals surface area contributed by atoms with Crippen LogP contribution in [0.25, 0.3) is 0 Å². The van der Waals surface area contributed by atoms with Crippen molar-refractivity contribution in [1.29, 1.82) is 0 Å². The first-order valence-corrected chi connectivity index (χ1v) is 6.30. The van der Waals surface area contributed by atoms with Crippen LogP contribution in [0, 0.1) is 5.82 Å². The van der Waals surface area contributed by atoms with Gasteiger partial charge in [-0.3, -0.25) is 4.79 Å². The number of carbonyl (C=O) groups excluding carboxylic acids is 1. The first-order chi connectivity index (χ1) is 8.15. The second-order valence-electron chi connectivity index (χ2n) is 4.36. The highest BCUT2D eigenvalue weighted by atomic mass is 35.5. The number of benzene rings is 1. The summed E-state index contributed by atoms with van der Waals surface area (Å²) in [6.07, 6.45) is 1.98. The highest BCUT2D eigenvalue weighted by Gasteiger charge is 2.36. The molecule has 0 aliphatic heterocycles. The highest BCUT2D eigenvalue weighted by molar-refractivity contribution is 6.27. The van der Waals surface area contributed by atoms with Gasteiger partial charge in [-0.25, -0.2) is 4.39 Å². The molecule has 0 aromatic heterocycles. The molecular formula is C13H15ClFNO. The summed E-state index contributed by atoms with van der Waals surface area (Å²) in [5, 5.41) is 0. The van der Waals surface area contributed by atoms with Crippen LogP contribution in [-0.2, 0) is 4.79 Å². The molecule has 0 saturated heterocycles. The van der Waals surface area contributed by atoms with Gasteiger partial charge in [0.1, 0.15) is 11.7 Å². The number of nitrogens with zero attached hydrogens (tertiary/aromatic N) is 1. The summed E-state index contributed by atoms with van der Waals surface area (Å²) in [6.45, 7) is 1.85. The number of alkyl halides is 1. The highest BCUT2D eigenvalue weighted by Crippen LogP contribution is 2.35. The molecule has 1 aliphatic carbocycles. The smallest absolute Gasteiger partial charge is 0.238 e. The average Bonchev–Trinajstić information content (AvgIpc) is 3.14. The maximum absolute atomic E-state index is 13.7. The normalized spacial score (nSPS) is 16.6. The number of rotatable bonds is 4. The van der Waals surface area contributed by atoms with E-state index in [0.717, 1.165) is 12.8 Å². The number of amides is 1. The summed E-state index contributed by atoms with van der Waals surface area (Å²) < 4.78 is 13.7. The van der Waals surface area contributed by atoms with E-state index in [1.807, 2.05) is 6.92 Å². The molecule has 0 bridgehead atoms. The molecule has 1 saturated carbocycles. The minimum Gasteiger partial charge on any atom is -0.332 e. The van der Waals surface area contributed by atoms with Gasteiger partial charge in [0.05, 0.1) is 6.04 Å². The van der Waals surface area contributed by atoms with Crippen molar-refractivity contribution in [3.05, 3.63) is 35.6 Å². The zero-order valence-electron chi connectivity index (χ0n) is 9.70. The van der Waals surface area contributed by atoms with E-state index >= 15 is 0 Å². The molecule has 4 heteroatoms. The number of carbonyl (C=O) groups is 1. The summed E-state index contributed by atoms with van der Waals surface area (Å²) in [5.41, 5.74) is 0.554. The number of hydrogen-bond donors (Lipinski definition) is 0. The molecule has 0 heterocycles. The first-order valence-electron chi connectivity index (χ1n) is 5.76. The maximum atomic E-state index is 13.7. The largest absolute Gasteiger partial charge is 0.332 e. The molecule has 0 N–H and O–H groups in total. The van der Waals surface area contributed by atoms with Crippen molar-refractivity contribution in [2.75, 3.05) is 5.88 Å².